The number of hydrogen-bond acceptors (Lipinski definition) is 2. The fourth-order valence-corrected chi connectivity index (χ4v) is 1.98. The molecule has 0 heterocycles. The first-order valence-electron chi connectivity index (χ1n) is 6.45. The lowest BCUT2D eigenvalue weighted by Gasteiger charge is -2.10. The standard InChI is InChI=1S/C16H18FNO/c17-15-9-4-10-16(14(15)12-18)19-11-5-8-13-6-2-1-3-7-13/h1-4,6-7,9-10H,5,8,11-12,18H2. The van der Waals surface area contributed by atoms with Gasteiger partial charge < -0.3 is 10.5 Å². The van der Waals surface area contributed by atoms with Gasteiger partial charge in [-0.3, -0.25) is 0 Å². The summed E-state index contributed by atoms with van der Waals surface area (Å²) in [7, 11) is 0. The van der Waals surface area contributed by atoms with E-state index < -0.39 is 0 Å². The Morgan fingerprint density at radius 3 is 2.53 bits per heavy atom. The first kappa shape index (κ1) is 13.6. The van der Waals surface area contributed by atoms with Crippen LogP contribution in [0.4, 0.5) is 4.39 Å². The molecule has 0 aliphatic carbocycles. The van der Waals surface area contributed by atoms with Crippen LogP contribution >= 0.6 is 0 Å². The van der Waals surface area contributed by atoms with E-state index in [1.54, 1.807) is 12.1 Å². The van der Waals surface area contributed by atoms with Crippen molar-refractivity contribution < 1.29 is 9.13 Å². The normalized spacial score (nSPS) is 10.4. The predicted octanol–water partition coefficient (Wildman–Crippen LogP) is 3.30. The fraction of sp³-hybridized carbons (Fsp3) is 0.250. The molecule has 0 fully saturated rings. The van der Waals surface area contributed by atoms with Gasteiger partial charge in [-0.05, 0) is 30.5 Å². The van der Waals surface area contributed by atoms with E-state index in [1.807, 2.05) is 18.2 Å². The molecule has 2 rings (SSSR count). The van der Waals surface area contributed by atoms with Crippen LogP contribution in [0.1, 0.15) is 17.5 Å². The van der Waals surface area contributed by atoms with E-state index in [-0.39, 0.29) is 12.4 Å². The molecule has 0 saturated carbocycles. The molecule has 0 bridgehead atoms. The van der Waals surface area contributed by atoms with Crippen molar-refractivity contribution in [3.8, 4) is 5.75 Å². The number of nitrogens with two attached hydrogens (primary N) is 1. The Labute approximate surface area is 113 Å². The van der Waals surface area contributed by atoms with E-state index in [0.717, 1.165) is 12.8 Å². The summed E-state index contributed by atoms with van der Waals surface area (Å²) in [4.78, 5) is 0. The molecule has 2 nitrogen and oxygen atoms in total. The lowest BCUT2D eigenvalue weighted by atomic mass is 10.1. The van der Waals surface area contributed by atoms with E-state index >= 15 is 0 Å². The highest BCUT2D eigenvalue weighted by Gasteiger charge is 2.07. The molecule has 2 aromatic carbocycles. The van der Waals surface area contributed by atoms with Crippen molar-refractivity contribution in [2.24, 2.45) is 5.73 Å². The van der Waals surface area contributed by atoms with Gasteiger partial charge in [-0.15, -0.1) is 0 Å². The Kier molecular flexibility index (Phi) is 4.93. The van der Waals surface area contributed by atoms with Gasteiger partial charge in [0.1, 0.15) is 11.6 Å². The molecule has 0 unspecified atom stereocenters. The number of ether oxygens (including phenoxy) is 1. The van der Waals surface area contributed by atoms with Crippen LogP contribution in [0.15, 0.2) is 48.5 Å². The first-order valence-corrected chi connectivity index (χ1v) is 6.45. The van der Waals surface area contributed by atoms with Gasteiger partial charge in [-0.2, -0.15) is 0 Å². The van der Waals surface area contributed by atoms with Gasteiger partial charge in [0, 0.05) is 12.1 Å². The summed E-state index contributed by atoms with van der Waals surface area (Å²) in [6.07, 6.45) is 1.85. The maximum atomic E-state index is 13.5. The highest BCUT2D eigenvalue weighted by molar-refractivity contribution is 5.34. The van der Waals surface area contributed by atoms with Crippen molar-refractivity contribution in [3.05, 3.63) is 65.5 Å². The maximum absolute atomic E-state index is 13.5. The zero-order chi connectivity index (χ0) is 13.5. The van der Waals surface area contributed by atoms with Gasteiger partial charge in [-0.1, -0.05) is 36.4 Å². The highest BCUT2D eigenvalue weighted by atomic mass is 19.1. The molecular weight excluding hydrogens is 241 g/mol. The van der Waals surface area contributed by atoms with E-state index in [1.165, 1.54) is 11.6 Å². The summed E-state index contributed by atoms with van der Waals surface area (Å²) in [5, 5.41) is 0. The van der Waals surface area contributed by atoms with Crippen molar-refractivity contribution >= 4 is 0 Å². The van der Waals surface area contributed by atoms with E-state index in [4.69, 9.17) is 10.5 Å². The number of aryl methyl sites for hydroxylation is 1. The SMILES string of the molecule is NCc1c(F)cccc1OCCCc1ccccc1. The summed E-state index contributed by atoms with van der Waals surface area (Å²) in [5.41, 5.74) is 7.26. The topological polar surface area (TPSA) is 35.2 Å². The molecular formula is C16H18FNO. The molecule has 2 N–H and O–H groups in total. The Morgan fingerprint density at radius 1 is 1.00 bits per heavy atom. The number of benzene rings is 2. The van der Waals surface area contributed by atoms with Crippen LogP contribution in [0.3, 0.4) is 0 Å². The Bertz CT molecular complexity index is 513. The molecule has 3 heteroatoms. The second-order valence-corrected chi connectivity index (χ2v) is 4.36. The summed E-state index contributed by atoms with van der Waals surface area (Å²) in [5.74, 6) is 0.249. The minimum absolute atomic E-state index is 0.153. The average Bonchev–Trinajstić information content (AvgIpc) is 2.45. The largest absolute Gasteiger partial charge is 0.493 e. The van der Waals surface area contributed by atoms with Crippen LogP contribution in [0.2, 0.25) is 0 Å². The van der Waals surface area contributed by atoms with Gasteiger partial charge in [-0.25, -0.2) is 4.39 Å². The third kappa shape index (κ3) is 3.80. The second-order valence-electron chi connectivity index (χ2n) is 4.36. The van der Waals surface area contributed by atoms with Gasteiger partial charge in [0.05, 0.1) is 6.61 Å². The molecule has 0 aliphatic rings. The predicted molar refractivity (Wildman–Crippen MR) is 74.5 cm³/mol. The molecule has 0 radical (unpaired) electrons. The van der Waals surface area contributed by atoms with Crippen LogP contribution in [0.25, 0.3) is 0 Å². The van der Waals surface area contributed by atoms with E-state index in [9.17, 15) is 4.39 Å². The van der Waals surface area contributed by atoms with Crippen LogP contribution in [-0.4, -0.2) is 6.61 Å². The zero-order valence-electron chi connectivity index (χ0n) is 10.8. The minimum atomic E-state index is -0.303. The van der Waals surface area contributed by atoms with Crippen molar-refractivity contribution in [1.82, 2.24) is 0 Å². The molecule has 0 spiro atoms. The van der Waals surface area contributed by atoms with Crippen molar-refractivity contribution in [2.45, 2.75) is 19.4 Å². The van der Waals surface area contributed by atoms with E-state index in [0.29, 0.717) is 17.9 Å². The minimum Gasteiger partial charge on any atom is -0.493 e. The molecule has 0 atom stereocenters. The average molecular weight is 259 g/mol. The summed E-state index contributed by atoms with van der Waals surface area (Å²) in [6.45, 7) is 0.714. The molecule has 19 heavy (non-hydrogen) atoms. The molecule has 100 valence electrons. The molecule has 2 aromatic rings. The van der Waals surface area contributed by atoms with Crippen LogP contribution in [0.5, 0.6) is 5.75 Å². The lowest BCUT2D eigenvalue weighted by Crippen LogP contribution is -2.06. The molecule has 0 saturated heterocycles. The second kappa shape index (κ2) is 6.90. The van der Waals surface area contributed by atoms with Crippen molar-refractivity contribution in [1.29, 1.82) is 0 Å². The number of hydrogen-bond donors (Lipinski definition) is 1. The highest BCUT2D eigenvalue weighted by Crippen LogP contribution is 2.21. The molecule has 0 aliphatic heterocycles. The summed E-state index contributed by atoms with van der Waals surface area (Å²) >= 11 is 0. The van der Waals surface area contributed by atoms with Crippen LogP contribution in [-0.2, 0) is 13.0 Å². The van der Waals surface area contributed by atoms with Crippen molar-refractivity contribution in [2.75, 3.05) is 6.61 Å². The summed E-state index contributed by atoms with van der Waals surface area (Å²) < 4.78 is 19.1. The number of rotatable bonds is 6. The monoisotopic (exact) mass is 259 g/mol. The lowest BCUT2D eigenvalue weighted by molar-refractivity contribution is 0.306. The van der Waals surface area contributed by atoms with Crippen molar-refractivity contribution in [3.63, 3.8) is 0 Å². The Hall–Kier alpha value is -1.87. The van der Waals surface area contributed by atoms with Crippen LogP contribution in [0, 0.1) is 5.82 Å². The smallest absolute Gasteiger partial charge is 0.131 e. The first-order chi connectivity index (χ1) is 9.31. The van der Waals surface area contributed by atoms with Gasteiger partial charge in [0.25, 0.3) is 0 Å². The zero-order valence-corrected chi connectivity index (χ0v) is 10.8. The van der Waals surface area contributed by atoms with Gasteiger partial charge in [0.15, 0.2) is 0 Å². The molecule has 0 aromatic heterocycles. The fourth-order valence-electron chi connectivity index (χ4n) is 1.98. The van der Waals surface area contributed by atoms with Gasteiger partial charge >= 0.3 is 0 Å². The maximum Gasteiger partial charge on any atom is 0.131 e. The Balaban J connectivity index is 1.85. The number of halogens is 1. The quantitative estimate of drug-likeness (QED) is 0.808. The third-order valence-electron chi connectivity index (χ3n) is 2.99. The summed E-state index contributed by atoms with van der Waals surface area (Å²) in [6, 6.07) is 15.0. The van der Waals surface area contributed by atoms with Crippen LogP contribution < -0.4 is 10.5 Å². The third-order valence-corrected chi connectivity index (χ3v) is 2.99. The van der Waals surface area contributed by atoms with E-state index in [2.05, 4.69) is 12.1 Å². The Morgan fingerprint density at radius 2 is 1.79 bits per heavy atom. The van der Waals surface area contributed by atoms with Gasteiger partial charge in [0.2, 0.25) is 0 Å². The molecule has 0 amide bonds.